The quantitative estimate of drug-likeness (QED) is 0.329. The minimum atomic E-state index is 0. The highest BCUT2D eigenvalue weighted by molar-refractivity contribution is 14.0. The molecule has 0 aliphatic carbocycles. The number of anilines is 1. The van der Waals surface area contributed by atoms with Crippen molar-refractivity contribution in [2.45, 2.75) is 33.0 Å². The summed E-state index contributed by atoms with van der Waals surface area (Å²) in [5, 5.41) is 6.65. The molecule has 1 atom stereocenters. The Kier molecular flexibility index (Phi) is 10.2. The molecule has 1 aliphatic heterocycles. The van der Waals surface area contributed by atoms with E-state index in [1.807, 2.05) is 30.5 Å². The van der Waals surface area contributed by atoms with Crippen molar-refractivity contribution >= 4 is 35.8 Å². The summed E-state index contributed by atoms with van der Waals surface area (Å²) < 4.78 is 11.0. The number of aromatic nitrogens is 1. The third kappa shape index (κ3) is 7.02. The third-order valence-corrected chi connectivity index (χ3v) is 4.78. The lowest BCUT2D eigenvalue weighted by atomic mass is 10.2. The average Bonchev–Trinajstić information content (AvgIpc) is 2.76. The predicted octanol–water partition coefficient (Wildman–Crippen LogP) is 3.19. The first-order valence-corrected chi connectivity index (χ1v) is 10.1. The number of nitrogens with zero attached hydrogens (tertiary/aromatic N) is 3. The molecular weight excluding hydrogens is 493 g/mol. The summed E-state index contributed by atoms with van der Waals surface area (Å²) in [5.74, 6) is 2.63. The summed E-state index contributed by atoms with van der Waals surface area (Å²) in [5.41, 5.74) is 2.16. The van der Waals surface area contributed by atoms with Gasteiger partial charge >= 0.3 is 0 Å². The van der Waals surface area contributed by atoms with Crippen LogP contribution in [0, 0.1) is 0 Å². The van der Waals surface area contributed by atoms with Gasteiger partial charge in [-0.2, -0.15) is 0 Å². The summed E-state index contributed by atoms with van der Waals surface area (Å²) in [6.45, 7) is 8.66. The highest BCUT2D eigenvalue weighted by Gasteiger charge is 2.17. The first kappa shape index (κ1) is 24.2. The van der Waals surface area contributed by atoms with Gasteiger partial charge in [0.15, 0.2) is 5.96 Å². The molecule has 0 amide bonds. The Morgan fingerprint density at radius 2 is 2.10 bits per heavy atom. The van der Waals surface area contributed by atoms with Crippen LogP contribution in [0.25, 0.3) is 0 Å². The van der Waals surface area contributed by atoms with Crippen LogP contribution in [0.4, 0.5) is 5.82 Å². The Bertz CT molecular complexity index is 800. The van der Waals surface area contributed by atoms with Gasteiger partial charge in [-0.05, 0) is 31.5 Å². The monoisotopic (exact) mass is 525 g/mol. The van der Waals surface area contributed by atoms with Gasteiger partial charge < -0.3 is 25.0 Å². The van der Waals surface area contributed by atoms with Crippen molar-refractivity contribution in [3.8, 4) is 5.75 Å². The second-order valence-electron chi connectivity index (χ2n) is 7.01. The lowest BCUT2D eigenvalue weighted by Crippen LogP contribution is -2.41. The SMILES string of the molecule is CCNC(=NCc1ccc(N2CCOC(C)C2)nc1)NCc1ccccc1OC.I. The van der Waals surface area contributed by atoms with Crippen molar-refractivity contribution in [2.75, 3.05) is 38.3 Å². The van der Waals surface area contributed by atoms with E-state index in [2.05, 4.69) is 51.5 Å². The van der Waals surface area contributed by atoms with Crippen molar-refractivity contribution < 1.29 is 9.47 Å². The standard InChI is InChI=1S/C22H31N5O2.HI/c1-4-23-22(26-15-19-7-5-6-8-20(19)28-3)25-14-18-9-10-21(24-13-18)27-11-12-29-17(2)16-27;/h5-10,13,17H,4,11-12,14-16H2,1-3H3,(H2,23,25,26);1H. The summed E-state index contributed by atoms with van der Waals surface area (Å²) in [6.07, 6.45) is 2.15. The van der Waals surface area contributed by atoms with Gasteiger partial charge in [-0.1, -0.05) is 24.3 Å². The number of methoxy groups -OCH3 is 1. The Morgan fingerprint density at radius 3 is 2.80 bits per heavy atom. The molecule has 7 nitrogen and oxygen atoms in total. The smallest absolute Gasteiger partial charge is 0.191 e. The molecule has 3 rings (SSSR count). The van der Waals surface area contributed by atoms with Gasteiger partial charge in [-0.3, -0.25) is 0 Å². The maximum atomic E-state index is 5.60. The van der Waals surface area contributed by atoms with Crippen LogP contribution < -0.4 is 20.3 Å². The van der Waals surface area contributed by atoms with Crippen molar-refractivity contribution in [1.82, 2.24) is 15.6 Å². The van der Waals surface area contributed by atoms with Gasteiger partial charge in [0.1, 0.15) is 11.6 Å². The molecule has 8 heteroatoms. The van der Waals surface area contributed by atoms with Crippen LogP contribution in [0.5, 0.6) is 5.75 Å². The van der Waals surface area contributed by atoms with Crippen LogP contribution in [-0.2, 0) is 17.8 Å². The van der Waals surface area contributed by atoms with E-state index in [1.165, 1.54) is 0 Å². The van der Waals surface area contributed by atoms with Crippen LogP contribution in [0.1, 0.15) is 25.0 Å². The van der Waals surface area contributed by atoms with E-state index >= 15 is 0 Å². The number of pyridine rings is 1. The van der Waals surface area contributed by atoms with E-state index in [-0.39, 0.29) is 30.1 Å². The van der Waals surface area contributed by atoms with Crippen LogP contribution in [0.3, 0.4) is 0 Å². The zero-order valence-corrected chi connectivity index (χ0v) is 20.3. The fourth-order valence-corrected chi connectivity index (χ4v) is 3.26. The molecule has 1 aromatic carbocycles. The van der Waals surface area contributed by atoms with E-state index in [0.29, 0.717) is 13.1 Å². The minimum Gasteiger partial charge on any atom is -0.496 e. The number of rotatable bonds is 7. The van der Waals surface area contributed by atoms with Crippen LogP contribution >= 0.6 is 24.0 Å². The zero-order chi connectivity index (χ0) is 20.5. The molecule has 1 fully saturated rings. The minimum absolute atomic E-state index is 0. The Labute approximate surface area is 196 Å². The molecule has 164 valence electrons. The molecule has 0 radical (unpaired) electrons. The van der Waals surface area contributed by atoms with E-state index in [4.69, 9.17) is 9.47 Å². The molecule has 1 saturated heterocycles. The Morgan fingerprint density at radius 1 is 1.27 bits per heavy atom. The number of para-hydroxylation sites is 1. The molecular formula is C22H32IN5O2. The maximum Gasteiger partial charge on any atom is 0.191 e. The normalized spacial score (nSPS) is 16.6. The van der Waals surface area contributed by atoms with Crippen molar-refractivity contribution in [2.24, 2.45) is 4.99 Å². The zero-order valence-electron chi connectivity index (χ0n) is 17.9. The van der Waals surface area contributed by atoms with E-state index in [0.717, 1.165) is 54.9 Å². The number of ether oxygens (including phenoxy) is 2. The Balaban J connectivity index is 0.00000320. The molecule has 2 aromatic rings. The first-order valence-electron chi connectivity index (χ1n) is 10.1. The second kappa shape index (κ2) is 12.6. The van der Waals surface area contributed by atoms with Crippen LogP contribution in [0.2, 0.25) is 0 Å². The largest absolute Gasteiger partial charge is 0.496 e. The number of guanidine groups is 1. The topological polar surface area (TPSA) is 71.0 Å². The summed E-state index contributed by atoms with van der Waals surface area (Å²) >= 11 is 0. The maximum absolute atomic E-state index is 5.60. The molecule has 2 heterocycles. The number of benzene rings is 1. The van der Waals surface area contributed by atoms with E-state index < -0.39 is 0 Å². The van der Waals surface area contributed by atoms with Crippen molar-refractivity contribution in [1.29, 1.82) is 0 Å². The highest BCUT2D eigenvalue weighted by Crippen LogP contribution is 2.17. The van der Waals surface area contributed by atoms with Crippen molar-refractivity contribution in [3.05, 3.63) is 53.7 Å². The number of nitrogens with one attached hydrogen (secondary N) is 2. The van der Waals surface area contributed by atoms with E-state index in [9.17, 15) is 0 Å². The lowest BCUT2D eigenvalue weighted by Gasteiger charge is -2.32. The molecule has 1 unspecified atom stereocenters. The Hall–Kier alpha value is -2.07. The molecule has 1 aliphatic rings. The molecule has 30 heavy (non-hydrogen) atoms. The second-order valence-corrected chi connectivity index (χ2v) is 7.01. The molecule has 0 saturated carbocycles. The number of hydrogen-bond acceptors (Lipinski definition) is 5. The van der Waals surface area contributed by atoms with Crippen molar-refractivity contribution in [3.63, 3.8) is 0 Å². The van der Waals surface area contributed by atoms with Crippen LogP contribution in [0.15, 0.2) is 47.6 Å². The number of halogens is 1. The summed E-state index contributed by atoms with van der Waals surface area (Å²) in [7, 11) is 1.69. The van der Waals surface area contributed by atoms with Gasteiger partial charge in [-0.15, -0.1) is 24.0 Å². The average molecular weight is 525 g/mol. The first-order chi connectivity index (χ1) is 14.2. The summed E-state index contributed by atoms with van der Waals surface area (Å²) in [4.78, 5) is 11.6. The molecule has 0 bridgehead atoms. The van der Waals surface area contributed by atoms with Gasteiger partial charge in [0.05, 0.1) is 26.4 Å². The predicted molar refractivity (Wildman–Crippen MR) is 132 cm³/mol. The van der Waals surface area contributed by atoms with E-state index in [1.54, 1.807) is 7.11 Å². The number of aliphatic imine (C=N–C) groups is 1. The highest BCUT2D eigenvalue weighted by atomic mass is 127. The fraction of sp³-hybridized carbons (Fsp3) is 0.455. The number of hydrogen-bond donors (Lipinski definition) is 2. The third-order valence-electron chi connectivity index (χ3n) is 4.78. The number of morpholine rings is 1. The molecule has 0 spiro atoms. The molecule has 1 aromatic heterocycles. The van der Waals surface area contributed by atoms with Crippen LogP contribution in [-0.4, -0.2) is 50.4 Å². The summed E-state index contributed by atoms with van der Waals surface area (Å²) in [6, 6.07) is 12.1. The van der Waals surface area contributed by atoms with Gasteiger partial charge in [0.2, 0.25) is 0 Å². The molecule has 2 N–H and O–H groups in total. The fourth-order valence-electron chi connectivity index (χ4n) is 3.26. The van der Waals surface area contributed by atoms with Gasteiger partial charge in [0.25, 0.3) is 0 Å². The van der Waals surface area contributed by atoms with Gasteiger partial charge in [0, 0.05) is 37.9 Å². The lowest BCUT2D eigenvalue weighted by molar-refractivity contribution is 0.0529. The van der Waals surface area contributed by atoms with Gasteiger partial charge in [-0.25, -0.2) is 9.98 Å².